The summed E-state index contributed by atoms with van der Waals surface area (Å²) in [6.45, 7) is 0.530. The van der Waals surface area contributed by atoms with Gasteiger partial charge in [0.25, 0.3) is 0 Å². The number of aromatic nitrogens is 1. The maximum Gasteiger partial charge on any atom is 0.308 e. The van der Waals surface area contributed by atoms with E-state index in [0.29, 0.717) is 26.8 Å². The van der Waals surface area contributed by atoms with Crippen molar-refractivity contribution in [3.63, 3.8) is 0 Å². The lowest BCUT2D eigenvalue weighted by Gasteiger charge is -2.08. The molecule has 1 N–H and O–H groups in total. The summed E-state index contributed by atoms with van der Waals surface area (Å²) < 4.78 is 30.2. The Labute approximate surface area is 187 Å². The van der Waals surface area contributed by atoms with Crippen molar-refractivity contribution in [3.05, 3.63) is 97.6 Å². The number of nitrogens with one attached hydrogen (secondary N) is 1. The van der Waals surface area contributed by atoms with Crippen LogP contribution in [0.15, 0.2) is 76.4 Å². The maximum absolute atomic E-state index is 12.7. The number of fused-ring (bicyclic) bond motifs is 1. The Morgan fingerprint density at radius 1 is 0.867 bits per heavy atom. The number of hydrogen-bond acceptors (Lipinski definition) is 4. The standard InChI is InChI=1S/C21H16Cl2N2O3S2/c22-16-5-1-14(2-6-16)12-24-30(27,28)18-9-10-19-20(11-18)29-21(26)25(19)13-15-3-7-17(23)8-4-15/h1-11,24H,12-13H2. The van der Waals surface area contributed by atoms with Crippen molar-refractivity contribution in [2.45, 2.75) is 18.0 Å². The van der Waals surface area contributed by atoms with Crippen LogP contribution in [0, 0.1) is 0 Å². The Bertz CT molecular complexity index is 1360. The number of nitrogens with zero attached hydrogens (tertiary/aromatic N) is 1. The van der Waals surface area contributed by atoms with Gasteiger partial charge in [0.1, 0.15) is 0 Å². The molecule has 0 atom stereocenters. The van der Waals surface area contributed by atoms with E-state index < -0.39 is 10.0 Å². The van der Waals surface area contributed by atoms with Gasteiger partial charge in [-0.2, -0.15) is 0 Å². The van der Waals surface area contributed by atoms with Gasteiger partial charge in [-0.05, 0) is 53.6 Å². The van der Waals surface area contributed by atoms with Crippen LogP contribution in [0.3, 0.4) is 0 Å². The van der Waals surface area contributed by atoms with Crippen LogP contribution in [-0.4, -0.2) is 13.0 Å². The number of benzene rings is 3. The first-order chi connectivity index (χ1) is 14.3. The smallest absolute Gasteiger partial charge is 0.294 e. The highest BCUT2D eigenvalue weighted by Gasteiger charge is 2.17. The molecule has 5 nitrogen and oxygen atoms in total. The molecule has 0 aliphatic carbocycles. The van der Waals surface area contributed by atoms with E-state index in [4.69, 9.17) is 23.2 Å². The predicted molar refractivity (Wildman–Crippen MR) is 122 cm³/mol. The molecule has 0 saturated carbocycles. The molecular weight excluding hydrogens is 463 g/mol. The summed E-state index contributed by atoms with van der Waals surface area (Å²) in [4.78, 5) is 12.5. The molecule has 30 heavy (non-hydrogen) atoms. The fourth-order valence-electron chi connectivity index (χ4n) is 3.00. The second kappa shape index (κ2) is 8.53. The Kier molecular flexibility index (Phi) is 5.99. The second-order valence-corrected chi connectivity index (χ2v) is 10.3. The van der Waals surface area contributed by atoms with E-state index >= 15 is 0 Å². The Balaban J connectivity index is 1.59. The number of rotatable bonds is 6. The third-order valence-corrected chi connectivity index (χ3v) is 7.43. The van der Waals surface area contributed by atoms with Crippen LogP contribution in [-0.2, 0) is 23.1 Å². The van der Waals surface area contributed by atoms with Crippen molar-refractivity contribution in [2.75, 3.05) is 0 Å². The van der Waals surface area contributed by atoms with Gasteiger partial charge in [0.05, 0.1) is 21.7 Å². The molecule has 0 fully saturated rings. The zero-order valence-electron chi connectivity index (χ0n) is 15.5. The first-order valence-electron chi connectivity index (χ1n) is 8.94. The lowest BCUT2D eigenvalue weighted by atomic mass is 10.2. The van der Waals surface area contributed by atoms with Gasteiger partial charge in [0, 0.05) is 16.6 Å². The molecule has 0 bridgehead atoms. The van der Waals surface area contributed by atoms with E-state index in [-0.39, 0.29) is 16.3 Å². The van der Waals surface area contributed by atoms with Crippen LogP contribution in [0.1, 0.15) is 11.1 Å². The Hall–Kier alpha value is -2.16. The van der Waals surface area contributed by atoms with Gasteiger partial charge in [0.2, 0.25) is 10.0 Å². The van der Waals surface area contributed by atoms with Gasteiger partial charge in [-0.3, -0.25) is 9.36 Å². The van der Waals surface area contributed by atoms with Crippen molar-refractivity contribution in [1.29, 1.82) is 0 Å². The van der Waals surface area contributed by atoms with Crippen LogP contribution in [0.4, 0.5) is 0 Å². The third kappa shape index (κ3) is 4.61. The highest BCUT2D eigenvalue weighted by atomic mass is 35.5. The highest BCUT2D eigenvalue weighted by molar-refractivity contribution is 7.89. The lowest BCUT2D eigenvalue weighted by Crippen LogP contribution is -2.23. The second-order valence-electron chi connectivity index (χ2n) is 6.66. The SMILES string of the molecule is O=c1sc2cc(S(=O)(=O)NCc3ccc(Cl)cc3)ccc2n1Cc1ccc(Cl)cc1. The topological polar surface area (TPSA) is 68.2 Å². The molecule has 0 amide bonds. The summed E-state index contributed by atoms with van der Waals surface area (Å²) in [5.74, 6) is 0. The number of halogens is 2. The first kappa shape index (κ1) is 21.1. The fourth-order valence-corrected chi connectivity index (χ4v) is 5.30. The number of thiazole rings is 1. The molecule has 0 saturated heterocycles. The van der Waals surface area contributed by atoms with Crippen molar-refractivity contribution in [1.82, 2.24) is 9.29 Å². The largest absolute Gasteiger partial charge is 0.308 e. The molecule has 0 radical (unpaired) electrons. The Morgan fingerprint density at radius 3 is 2.10 bits per heavy atom. The molecule has 4 aromatic rings. The molecule has 0 aliphatic rings. The van der Waals surface area contributed by atoms with E-state index in [1.807, 2.05) is 12.1 Å². The van der Waals surface area contributed by atoms with Crippen molar-refractivity contribution >= 4 is 54.8 Å². The van der Waals surface area contributed by atoms with Crippen LogP contribution in [0.5, 0.6) is 0 Å². The molecule has 0 aliphatic heterocycles. The zero-order valence-corrected chi connectivity index (χ0v) is 18.7. The molecule has 3 aromatic carbocycles. The van der Waals surface area contributed by atoms with Gasteiger partial charge in [0.15, 0.2) is 0 Å². The summed E-state index contributed by atoms with van der Waals surface area (Å²) >= 11 is 12.8. The zero-order chi connectivity index (χ0) is 21.3. The third-order valence-electron chi connectivity index (χ3n) is 4.58. The summed E-state index contributed by atoms with van der Waals surface area (Å²) in [5, 5.41) is 1.22. The molecule has 1 heterocycles. The predicted octanol–water partition coefficient (Wildman–Crippen LogP) is 4.90. The van der Waals surface area contributed by atoms with Crippen LogP contribution in [0.2, 0.25) is 10.0 Å². The van der Waals surface area contributed by atoms with Gasteiger partial charge in [-0.15, -0.1) is 0 Å². The van der Waals surface area contributed by atoms with E-state index in [9.17, 15) is 13.2 Å². The molecule has 4 rings (SSSR count). The van der Waals surface area contributed by atoms with E-state index in [1.54, 1.807) is 47.0 Å². The van der Waals surface area contributed by atoms with Crippen LogP contribution in [0.25, 0.3) is 10.2 Å². The van der Waals surface area contributed by atoms with Crippen molar-refractivity contribution < 1.29 is 8.42 Å². The molecule has 154 valence electrons. The summed E-state index contributed by atoms with van der Waals surface area (Å²) in [6, 6.07) is 18.9. The first-order valence-corrected chi connectivity index (χ1v) is 12.0. The van der Waals surface area contributed by atoms with Crippen LogP contribution >= 0.6 is 34.5 Å². The van der Waals surface area contributed by atoms with Gasteiger partial charge in [-0.25, -0.2) is 13.1 Å². The Morgan fingerprint density at radius 2 is 1.47 bits per heavy atom. The quantitative estimate of drug-likeness (QED) is 0.428. The van der Waals surface area contributed by atoms with Crippen LogP contribution < -0.4 is 9.60 Å². The average molecular weight is 479 g/mol. The van der Waals surface area contributed by atoms with E-state index in [1.165, 1.54) is 12.1 Å². The molecular formula is C21H16Cl2N2O3S2. The van der Waals surface area contributed by atoms with Crippen molar-refractivity contribution in [3.8, 4) is 0 Å². The van der Waals surface area contributed by atoms with Gasteiger partial charge >= 0.3 is 4.87 Å². The fraction of sp³-hybridized carbons (Fsp3) is 0.0952. The molecule has 1 aromatic heterocycles. The van der Waals surface area contributed by atoms with Gasteiger partial charge in [-0.1, -0.05) is 58.8 Å². The normalized spacial score (nSPS) is 11.8. The van der Waals surface area contributed by atoms with Crippen molar-refractivity contribution in [2.24, 2.45) is 0 Å². The minimum absolute atomic E-state index is 0.115. The minimum atomic E-state index is -3.73. The number of hydrogen-bond donors (Lipinski definition) is 1. The summed E-state index contributed by atoms with van der Waals surface area (Å²) in [6.07, 6.45) is 0. The lowest BCUT2D eigenvalue weighted by molar-refractivity contribution is 0.581. The molecule has 9 heteroatoms. The van der Waals surface area contributed by atoms with E-state index in [0.717, 1.165) is 22.5 Å². The number of sulfonamides is 1. The molecule has 0 spiro atoms. The highest BCUT2D eigenvalue weighted by Crippen LogP contribution is 2.23. The van der Waals surface area contributed by atoms with E-state index in [2.05, 4.69) is 4.72 Å². The summed E-state index contributed by atoms with van der Waals surface area (Å²) in [5.41, 5.74) is 2.42. The monoisotopic (exact) mass is 478 g/mol. The maximum atomic E-state index is 12.7. The van der Waals surface area contributed by atoms with Gasteiger partial charge < -0.3 is 0 Å². The minimum Gasteiger partial charge on any atom is -0.294 e. The summed E-state index contributed by atoms with van der Waals surface area (Å²) in [7, 11) is -3.73. The molecule has 0 unspecified atom stereocenters. The average Bonchev–Trinajstić information content (AvgIpc) is 3.04.